The van der Waals surface area contributed by atoms with Crippen LogP contribution in [0.15, 0.2) is 0 Å². The number of hydrogen-bond acceptors (Lipinski definition) is 3. The number of hydrogen-bond donors (Lipinski definition) is 0. The van der Waals surface area contributed by atoms with Crippen molar-refractivity contribution in [1.29, 1.82) is 0 Å². The third-order valence-corrected chi connectivity index (χ3v) is 2.33. The second-order valence-electron chi connectivity index (χ2n) is 3.43. The van der Waals surface area contributed by atoms with E-state index in [4.69, 9.17) is 0 Å². The molecule has 0 spiro atoms. The summed E-state index contributed by atoms with van der Waals surface area (Å²) in [4.78, 5) is 13.4. The minimum absolute atomic E-state index is 0.0214. The van der Waals surface area contributed by atoms with E-state index in [0.29, 0.717) is 0 Å². The topological polar surface area (TPSA) is 29.5 Å². The zero-order valence-electron chi connectivity index (χ0n) is 7.88. The van der Waals surface area contributed by atoms with E-state index in [-0.39, 0.29) is 11.9 Å². The highest BCUT2D eigenvalue weighted by Crippen LogP contribution is 2.10. The maximum Gasteiger partial charge on any atom is 0.309 e. The standard InChI is InChI=1S/C9H17NO2/c1-8(9(11)12-2)7-10-5-3-4-6-10/h8H,3-7H2,1-2H3/t8-/m0/s1. The van der Waals surface area contributed by atoms with Gasteiger partial charge < -0.3 is 9.64 Å². The van der Waals surface area contributed by atoms with Crippen LogP contribution in [0.4, 0.5) is 0 Å². The summed E-state index contributed by atoms with van der Waals surface area (Å²) in [6.07, 6.45) is 2.54. The molecule has 1 atom stereocenters. The van der Waals surface area contributed by atoms with E-state index >= 15 is 0 Å². The molecule has 0 saturated carbocycles. The fraction of sp³-hybridized carbons (Fsp3) is 0.889. The number of likely N-dealkylation sites (tertiary alicyclic amines) is 1. The predicted octanol–water partition coefficient (Wildman–Crippen LogP) is 0.891. The molecule has 1 aliphatic rings. The lowest BCUT2D eigenvalue weighted by Crippen LogP contribution is -2.30. The minimum atomic E-state index is -0.0955. The molecular formula is C9H17NO2. The van der Waals surface area contributed by atoms with Gasteiger partial charge in [0, 0.05) is 6.54 Å². The highest BCUT2D eigenvalue weighted by atomic mass is 16.5. The molecule has 0 aromatic carbocycles. The summed E-state index contributed by atoms with van der Waals surface area (Å²) >= 11 is 0. The van der Waals surface area contributed by atoms with E-state index in [1.165, 1.54) is 20.0 Å². The first-order valence-corrected chi connectivity index (χ1v) is 4.54. The summed E-state index contributed by atoms with van der Waals surface area (Å²) in [6.45, 7) is 5.06. The molecule has 12 heavy (non-hydrogen) atoms. The molecule has 0 aromatic rings. The van der Waals surface area contributed by atoms with Crippen LogP contribution in [0.2, 0.25) is 0 Å². The summed E-state index contributed by atoms with van der Waals surface area (Å²) in [7, 11) is 1.45. The second kappa shape index (κ2) is 4.45. The maximum absolute atomic E-state index is 11.1. The molecule has 70 valence electrons. The van der Waals surface area contributed by atoms with Crippen molar-refractivity contribution >= 4 is 5.97 Å². The number of rotatable bonds is 3. The molecule has 0 N–H and O–H groups in total. The Hall–Kier alpha value is -0.570. The van der Waals surface area contributed by atoms with Gasteiger partial charge in [0.25, 0.3) is 0 Å². The van der Waals surface area contributed by atoms with Crippen LogP contribution in [-0.2, 0) is 9.53 Å². The Morgan fingerprint density at radius 3 is 2.58 bits per heavy atom. The van der Waals surface area contributed by atoms with E-state index in [9.17, 15) is 4.79 Å². The van der Waals surface area contributed by atoms with Gasteiger partial charge in [0.2, 0.25) is 0 Å². The summed E-state index contributed by atoms with van der Waals surface area (Å²) in [6, 6.07) is 0. The molecule has 3 nitrogen and oxygen atoms in total. The van der Waals surface area contributed by atoms with Crippen molar-refractivity contribution in [3.8, 4) is 0 Å². The van der Waals surface area contributed by atoms with Crippen molar-refractivity contribution in [3.05, 3.63) is 0 Å². The average Bonchev–Trinajstić information content (AvgIpc) is 2.55. The fourth-order valence-corrected chi connectivity index (χ4v) is 1.63. The van der Waals surface area contributed by atoms with Gasteiger partial charge in [0.05, 0.1) is 13.0 Å². The van der Waals surface area contributed by atoms with Crippen molar-refractivity contribution in [2.75, 3.05) is 26.7 Å². The zero-order chi connectivity index (χ0) is 8.97. The Bertz CT molecular complexity index is 153. The predicted molar refractivity (Wildman–Crippen MR) is 46.9 cm³/mol. The number of methoxy groups -OCH3 is 1. The van der Waals surface area contributed by atoms with E-state index in [1.54, 1.807) is 0 Å². The Morgan fingerprint density at radius 2 is 2.08 bits per heavy atom. The molecule has 0 radical (unpaired) electrons. The van der Waals surface area contributed by atoms with E-state index in [1.807, 2.05) is 6.92 Å². The number of carbonyl (C=O) groups is 1. The smallest absolute Gasteiger partial charge is 0.309 e. The maximum atomic E-state index is 11.1. The van der Waals surface area contributed by atoms with Gasteiger partial charge in [-0.1, -0.05) is 6.92 Å². The summed E-state index contributed by atoms with van der Waals surface area (Å²) < 4.78 is 4.66. The number of esters is 1. The van der Waals surface area contributed by atoms with Crippen molar-refractivity contribution in [3.63, 3.8) is 0 Å². The number of ether oxygens (including phenoxy) is 1. The third-order valence-electron chi connectivity index (χ3n) is 2.33. The van der Waals surface area contributed by atoms with Crippen LogP contribution in [0.1, 0.15) is 19.8 Å². The lowest BCUT2D eigenvalue weighted by atomic mass is 10.2. The van der Waals surface area contributed by atoms with Crippen LogP contribution < -0.4 is 0 Å². The van der Waals surface area contributed by atoms with Crippen LogP contribution in [0.25, 0.3) is 0 Å². The van der Waals surface area contributed by atoms with Crippen LogP contribution in [0.3, 0.4) is 0 Å². The summed E-state index contributed by atoms with van der Waals surface area (Å²) in [5, 5.41) is 0. The molecule has 0 aliphatic carbocycles. The van der Waals surface area contributed by atoms with E-state index in [0.717, 1.165) is 19.6 Å². The fourth-order valence-electron chi connectivity index (χ4n) is 1.63. The quantitative estimate of drug-likeness (QED) is 0.591. The summed E-state index contributed by atoms with van der Waals surface area (Å²) in [5.74, 6) is -0.0741. The highest BCUT2D eigenvalue weighted by Gasteiger charge is 2.19. The van der Waals surface area contributed by atoms with Crippen LogP contribution >= 0.6 is 0 Å². The molecule has 1 rings (SSSR count). The normalized spacial score (nSPS) is 20.8. The monoisotopic (exact) mass is 171 g/mol. The number of carbonyl (C=O) groups excluding carboxylic acids is 1. The zero-order valence-corrected chi connectivity index (χ0v) is 7.88. The van der Waals surface area contributed by atoms with Gasteiger partial charge in [0.1, 0.15) is 0 Å². The van der Waals surface area contributed by atoms with Gasteiger partial charge in [-0.25, -0.2) is 0 Å². The largest absolute Gasteiger partial charge is 0.469 e. The van der Waals surface area contributed by atoms with Crippen molar-refractivity contribution in [2.45, 2.75) is 19.8 Å². The lowest BCUT2D eigenvalue weighted by Gasteiger charge is -2.17. The Balaban J connectivity index is 2.24. The van der Waals surface area contributed by atoms with Crippen LogP contribution in [-0.4, -0.2) is 37.6 Å². The first kappa shape index (κ1) is 9.52. The minimum Gasteiger partial charge on any atom is -0.469 e. The molecular weight excluding hydrogens is 154 g/mol. The molecule has 1 aliphatic heterocycles. The SMILES string of the molecule is COC(=O)[C@@H](C)CN1CCCC1. The van der Waals surface area contributed by atoms with Gasteiger partial charge in [-0.15, -0.1) is 0 Å². The van der Waals surface area contributed by atoms with Gasteiger partial charge >= 0.3 is 5.97 Å². The molecule has 1 saturated heterocycles. The van der Waals surface area contributed by atoms with Crippen molar-refractivity contribution in [2.24, 2.45) is 5.92 Å². The molecule has 1 fully saturated rings. The van der Waals surface area contributed by atoms with E-state index < -0.39 is 0 Å². The lowest BCUT2D eigenvalue weighted by molar-refractivity contribution is -0.145. The highest BCUT2D eigenvalue weighted by molar-refractivity contribution is 5.72. The van der Waals surface area contributed by atoms with Crippen molar-refractivity contribution < 1.29 is 9.53 Å². The van der Waals surface area contributed by atoms with Crippen LogP contribution in [0, 0.1) is 5.92 Å². The van der Waals surface area contributed by atoms with Gasteiger partial charge in [-0.2, -0.15) is 0 Å². The molecule has 0 amide bonds. The molecule has 0 bridgehead atoms. The Kier molecular flexibility index (Phi) is 3.53. The van der Waals surface area contributed by atoms with E-state index in [2.05, 4.69) is 9.64 Å². The van der Waals surface area contributed by atoms with Crippen molar-refractivity contribution in [1.82, 2.24) is 4.90 Å². The summed E-state index contributed by atoms with van der Waals surface area (Å²) in [5.41, 5.74) is 0. The van der Waals surface area contributed by atoms with Crippen LogP contribution in [0.5, 0.6) is 0 Å². The number of nitrogens with zero attached hydrogens (tertiary/aromatic N) is 1. The average molecular weight is 171 g/mol. The molecule has 1 heterocycles. The first-order valence-electron chi connectivity index (χ1n) is 4.54. The molecule has 0 unspecified atom stereocenters. The second-order valence-corrected chi connectivity index (χ2v) is 3.43. The Morgan fingerprint density at radius 1 is 1.50 bits per heavy atom. The third kappa shape index (κ3) is 2.48. The van der Waals surface area contributed by atoms with Gasteiger partial charge in [-0.3, -0.25) is 4.79 Å². The van der Waals surface area contributed by atoms with Gasteiger partial charge in [-0.05, 0) is 25.9 Å². The Labute approximate surface area is 73.7 Å². The van der Waals surface area contributed by atoms with Gasteiger partial charge in [0.15, 0.2) is 0 Å². The first-order chi connectivity index (χ1) is 5.74. The molecule has 0 aromatic heterocycles. The molecule has 3 heteroatoms.